The first-order valence-electron chi connectivity index (χ1n) is 11.5. The molecule has 0 rings (SSSR count). The Morgan fingerprint density at radius 3 is 1.69 bits per heavy atom. The molecule has 32 heavy (non-hydrogen) atoms. The van der Waals surface area contributed by atoms with Crippen LogP contribution < -0.4 is 0 Å². The van der Waals surface area contributed by atoms with Gasteiger partial charge in [0.25, 0.3) is 0 Å². The van der Waals surface area contributed by atoms with Crippen molar-refractivity contribution in [2.45, 2.75) is 97.2 Å². The summed E-state index contributed by atoms with van der Waals surface area (Å²) in [7, 11) is 1.33. The topological polar surface area (TPSA) is 114 Å². The van der Waals surface area contributed by atoms with E-state index in [2.05, 4.69) is 6.92 Å². The summed E-state index contributed by atoms with van der Waals surface area (Å²) < 4.78 is 24.0. The number of ether oxygens (including phenoxy) is 5. The van der Waals surface area contributed by atoms with Gasteiger partial charge in [0.1, 0.15) is 0 Å². The van der Waals surface area contributed by atoms with Crippen molar-refractivity contribution in [3.05, 3.63) is 0 Å². The molecule has 0 aliphatic carbocycles. The minimum absolute atomic E-state index is 0.282. The first kappa shape index (κ1) is 29.8. The number of rotatable bonds is 19. The van der Waals surface area contributed by atoms with Crippen molar-refractivity contribution >= 4 is 23.9 Å². The molecule has 0 aromatic heterocycles. The van der Waals surface area contributed by atoms with Crippen LogP contribution >= 0.6 is 0 Å². The van der Waals surface area contributed by atoms with E-state index >= 15 is 0 Å². The van der Waals surface area contributed by atoms with Crippen LogP contribution in [0.15, 0.2) is 0 Å². The highest BCUT2D eigenvalue weighted by Gasteiger charge is 2.23. The molecule has 0 heterocycles. The second kappa shape index (κ2) is 19.5. The molecule has 0 spiro atoms. The lowest BCUT2D eigenvalue weighted by atomic mass is 10.1. The number of hydrogen-bond acceptors (Lipinski definition) is 9. The summed E-state index contributed by atoms with van der Waals surface area (Å²) >= 11 is 0. The Morgan fingerprint density at radius 2 is 1.12 bits per heavy atom. The van der Waals surface area contributed by atoms with E-state index in [0.29, 0.717) is 0 Å². The fraction of sp³-hybridized carbons (Fsp3) is 0.826. The smallest absolute Gasteiger partial charge is 0.347 e. The molecule has 0 saturated carbocycles. The van der Waals surface area contributed by atoms with Crippen molar-refractivity contribution in [3.63, 3.8) is 0 Å². The van der Waals surface area contributed by atoms with Crippen molar-refractivity contribution in [3.8, 4) is 0 Å². The van der Waals surface area contributed by atoms with Crippen molar-refractivity contribution in [1.29, 1.82) is 0 Å². The first-order chi connectivity index (χ1) is 15.3. The molecule has 0 amide bonds. The van der Waals surface area contributed by atoms with Gasteiger partial charge in [-0.2, -0.15) is 0 Å². The minimum Gasteiger partial charge on any atom is -0.463 e. The summed E-state index contributed by atoms with van der Waals surface area (Å²) in [5, 5.41) is 0. The van der Waals surface area contributed by atoms with Crippen LogP contribution in [-0.4, -0.2) is 63.0 Å². The molecule has 0 aliphatic rings. The van der Waals surface area contributed by atoms with E-state index in [-0.39, 0.29) is 6.61 Å². The molecule has 0 aromatic carbocycles. The Kier molecular flexibility index (Phi) is 18.2. The van der Waals surface area contributed by atoms with Gasteiger partial charge in [0.2, 0.25) is 0 Å². The highest BCUT2D eigenvalue weighted by atomic mass is 16.6. The average Bonchev–Trinajstić information content (AvgIpc) is 2.78. The van der Waals surface area contributed by atoms with Crippen LogP contribution in [0.2, 0.25) is 0 Å². The molecule has 9 heteroatoms. The van der Waals surface area contributed by atoms with Gasteiger partial charge in [0.15, 0.2) is 25.4 Å². The SMILES string of the molecule is CCCCCCCCCCCCOC(=O)COC(=O)COC(=O)C(C)OC(=O)C(C)OC. The molecular formula is C23H40O9. The normalized spacial score (nSPS) is 12.5. The Labute approximate surface area is 191 Å². The highest BCUT2D eigenvalue weighted by Crippen LogP contribution is 2.10. The van der Waals surface area contributed by atoms with Gasteiger partial charge in [-0.3, -0.25) is 0 Å². The van der Waals surface area contributed by atoms with Crippen LogP contribution in [0.25, 0.3) is 0 Å². The zero-order valence-corrected chi connectivity index (χ0v) is 20.0. The first-order valence-corrected chi connectivity index (χ1v) is 11.5. The summed E-state index contributed by atoms with van der Waals surface area (Å²) in [6, 6.07) is 0. The van der Waals surface area contributed by atoms with Gasteiger partial charge in [-0.05, 0) is 20.3 Å². The molecule has 9 nitrogen and oxygen atoms in total. The molecule has 0 bridgehead atoms. The van der Waals surface area contributed by atoms with Crippen molar-refractivity contribution in [2.24, 2.45) is 0 Å². The molecule has 2 atom stereocenters. The van der Waals surface area contributed by atoms with E-state index in [1.807, 2.05) is 0 Å². The summed E-state index contributed by atoms with van der Waals surface area (Å²) in [5.41, 5.74) is 0. The fourth-order valence-electron chi connectivity index (χ4n) is 2.66. The van der Waals surface area contributed by atoms with E-state index in [1.165, 1.54) is 65.9 Å². The number of unbranched alkanes of at least 4 members (excludes halogenated alkanes) is 9. The predicted molar refractivity (Wildman–Crippen MR) is 117 cm³/mol. The lowest BCUT2D eigenvalue weighted by Crippen LogP contribution is -2.32. The largest absolute Gasteiger partial charge is 0.463 e. The fourth-order valence-corrected chi connectivity index (χ4v) is 2.66. The summed E-state index contributed by atoms with van der Waals surface area (Å²) in [6.45, 7) is 4.01. The number of carbonyl (C=O) groups excluding carboxylic acids is 4. The molecule has 2 unspecified atom stereocenters. The molecular weight excluding hydrogens is 420 g/mol. The molecule has 0 fully saturated rings. The summed E-state index contributed by atoms with van der Waals surface area (Å²) in [6.07, 6.45) is 9.77. The highest BCUT2D eigenvalue weighted by molar-refractivity contribution is 5.83. The van der Waals surface area contributed by atoms with Crippen LogP contribution in [0.4, 0.5) is 0 Å². The Hall–Kier alpha value is -2.16. The van der Waals surface area contributed by atoms with Crippen LogP contribution in [0.1, 0.15) is 85.0 Å². The molecule has 0 saturated heterocycles. The van der Waals surface area contributed by atoms with Gasteiger partial charge < -0.3 is 23.7 Å². The maximum atomic E-state index is 11.7. The van der Waals surface area contributed by atoms with Crippen molar-refractivity contribution in [2.75, 3.05) is 26.9 Å². The van der Waals surface area contributed by atoms with Gasteiger partial charge in [0, 0.05) is 7.11 Å². The van der Waals surface area contributed by atoms with E-state index in [1.54, 1.807) is 0 Å². The zero-order valence-electron chi connectivity index (χ0n) is 20.0. The van der Waals surface area contributed by atoms with E-state index in [4.69, 9.17) is 23.7 Å². The standard InChI is InChI=1S/C23H40O9/c1-5-6-7-8-9-10-11-12-13-14-15-29-20(24)16-30-21(25)17-31-22(26)19(3)32-23(27)18(2)28-4/h18-19H,5-17H2,1-4H3. The van der Waals surface area contributed by atoms with Crippen LogP contribution in [0.3, 0.4) is 0 Å². The molecule has 0 radical (unpaired) electrons. The van der Waals surface area contributed by atoms with Gasteiger partial charge in [-0.1, -0.05) is 64.7 Å². The monoisotopic (exact) mass is 460 g/mol. The third-order valence-electron chi connectivity index (χ3n) is 4.75. The number of carbonyl (C=O) groups is 4. The van der Waals surface area contributed by atoms with Crippen LogP contribution in [0.5, 0.6) is 0 Å². The Morgan fingerprint density at radius 1 is 0.625 bits per heavy atom. The number of hydrogen-bond donors (Lipinski definition) is 0. The van der Waals surface area contributed by atoms with Crippen LogP contribution in [0, 0.1) is 0 Å². The van der Waals surface area contributed by atoms with Crippen molar-refractivity contribution < 1.29 is 42.9 Å². The van der Waals surface area contributed by atoms with Gasteiger partial charge in [0.05, 0.1) is 6.61 Å². The molecule has 0 N–H and O–H groups in total. The van der Waals surface area contributed by atoms with Crippen LogP contribution in [-0.2, 0) is 42.9 Å². The van der Waals surface area contributed by atoms with E-state index in [0.717, 1.165) is 19.3 Å². The molecule has 186 valence electrons. The second-order valence-electron chi connectivity index (χ2n) is 7.63. The molecule has 0 aromatic rings. The quantitative estimate of drug-likeness (QED) is 0.162. The van der Waals surface area contributed by atoms with E-state index < -0.39 is 49.3 Å². The van der Waals surface area contributed by atoms with Crippen molar-refractivity contribution in [1.82, 2.24) is 0 Å². The third kappa shape index (κ3) is 16.5. The zero-order chi connectivity index (χ0) is 24.2. The Balaban J connectivity index is 3.70. The predicted octanol–water partition coefficient (Wildman–Crippen LogP) is 3.50. The van der Waals surface area contributed by atoms with E-state index in [9.17, 15) is 19.2 Å². The number of methoxy groups -OCH3 is 1. The minimum atomic E-state index is -1.21. The lowest BCUT2D eigenvalue weighted by molar-refractivity contribution is -0.176. The Bertz CT molecular complexity index is 548. The average molecular weight is 461 g/mol. The summed E-state index contributed by atoms with van der Waals surface area (Å²) in [4.78, 5) is 46.4. The maximum absolute atomic E-state index is 11.7. The van der Waals surface area contributed by atoms with Gasteiger partial charge >= 0.3 is 23.9 Å². The third-order valence-corrected chi connectivity index (χ3v) is 4.75. The maximum Gasteiger partial charge on any atom is 0.347 e. The lowest BCUT2D eigenvalue weighted by Gasteiger charge is -2.15. The second-order valence-corrected chi connectivity index (χ2v) is 7.63. The molecule has 0 aliphatic heterocycles. The van der Waals surface area contributed by atoms with Gasteiger partial charge in [-0.15, -0.1) is 0 Å². The number of esters is 4. The van der Waals surface area contributed by atoms with Gasteiger partial charge in [-0.25, -0.2) is 19.2 Å². The summed E-state index contributed by atoms with van der Waals surface area (Å²) in [5.74, 6) is -3.21.